The van der Waals surface area contributed by atoms with Crippen molar-refractivity contribution < 1.29 is 47.3 Å². The van der Waals surface area contributed by atoms with Gasteiger partial charge in [-0.25, -0.2) is 14.4 Å². The lowest BCUT2D eigenvalue weighted by atomic mass is 9.85. The van der Waals surface area contributed by atoms with Crippen molar-refractivity contribution in [3.63, 3.8) is 0 Å². The second-order valence-corrected chi connectivity index (χ2v) is 21.9. The first-order valence-electron chi connectivity index (χ1n) is 28.3. The third-order valence-electron chi connectivity index (χ3n) is 14.9. The maximum atomic E-state index is 15.1. The molecule has 0 aliphatic carbocycles. The number of nitrogens with one attached hydrogen (secondary N) is 5. The summed E-state index contributed by atoms with van der Waals surface area (Å²) in [5.74, 6) is -1.41. The second-order valence-electron chi connectivity index (χ2n) is 21.9. The van der Waals surface area contributed by atoms with E-state index in [0.29, 0.717) is 100 Å². The third-order valence-corrected chi connectivity index (χ3v) is 14.9. The Kier molecular flexibility index (Phi) is 22.6. The van der Waals surface area contributed by atoms with Gasteiger partial charge in [-0.2, -0.15) is 4.68 Å². The molecule has 444 valence electrons. The molecule has 2 saturated heterocycles. The highest BCUT2D eigenvalue weighted by atomic mass is 19.1. The summed E-state index contributed by atoms with van der Waals surface area (Å²) < 4.78 is 39.4. The topological polar surface area (TPSA) is 266 Å². The minimum Gasteiger partial charge on any atom is -0.381 e. The number of benzene rings is 2. The Morgan fingerprint density at radius 1 is 0.951 bits per heavy atom. The molecule has 5 amide bonds. The molecule has 0 radical (unpaired) electrons. The molecule has 0 spiro atoms. The lowest BCUT2D eigenvalue weighted by Crippen LogP contribution is -2.59. The number of likely N-dealkylation sites (N-methyl/N-ethyl adjacent to an activating group) is 1. The lowest BCUT2D eigenvalue weighted by Gasteiger charge is -2.36. The number of hydrogen-bond acceptors (Lipinski definition) is 16. The van der Waals surface area contributed by atoms with Gasteiger partial charge in [0.25, 0.3) is 5.91 Å². The van der Waals surface area contributed by atoms with Crippen molar-refractivity contribution in [3.8, 4) is 11.3 Å². The Hall–Kier alpha value is -7.14. The summed E-state index contributed by atoms with van der Waals surface area (Å²) in [7, 11) is 3.28. The number of halogens is 1. The predicted molar refractivity (Wildman–Crippen MR) is 306 cm³/mol. The molecule has 5 heterocycles. The second kappa shape index (κ2) is 29.7. The number of carbonyl (C=O) groups is 5. The number of fused-ring (bicyclic) bond motifs is 9. The summed E-state index contributed by atoms with van der Waals surface area (Å²) in [5.41, 5.74) is 8.81. The summed E-state index contributed by atoms with van der Waals surface area (Å²) in [4.78, 5) is 86.2. The molecule has 3 aliphatic heterocycles. The van der Waals surface area contributed by atoms with Crippen LogP contribution in [-0.2, 0) is 51.2 Å². The van der Waals surface area contributed by atoms with E-state index in [2.05, 4.69) is 41.5 Å². The number of nitrogen functional groups attached to an aromatic ring is 1. The molecule has 82 heavy (non-hydrogen) atoms. The fourth-order valence-electron chi connectivity index (χ4n) is 10.4. The van der Waals surface area contributed by atoms with Gasteiger partial charge in [0, 0.05) is 51.3 Å². The van der Waals surface area contributed by atoms with Crippen LogP contribution >= 0.6 is 0 Å². The lowest BCUT2D eigenvalue weighted by molar-refractivity contribution is -0.144. The van der Waals surface area contributed by atoms with Crippen molar-refractivity contribution in [2.75, 3.05) is 104 Å². The highest BCUT2D eigenvalue weighted by molar-refractivity contribution is 5.95. The van der Waals surface area contributed by atoms with Crippen LogP contribution in [0.4, 0.5) is 21.8 Å². The molecule has 7 N–H and O–H groups in total. The largest absolute Gasteiger partial charge is 0.381 e. The Morgan fingerprint density at radius 2 is 1.65 bits per heavy atom. The first kappa shape index (κ1) is 62.5. The number of nitrogens with two attached hydrogens (primary N) is 1. The zero-order valence-corrected chi connectivity index (χ0v) is 48.3. The minimum absolute atomic E-state index is 0.00387. The maximum absolute atomic E-state index is 15.1. The van der Waals surface area contributed by atoms with Crippen LogP contribution < -0.4 is 37.2 Å². The molecule has 2 aromatic carbocycles. The molecule has 0 saturated carbocycles. The third kappa shape index (κ3) is 16.3. The molecule has 2 fully saturated rings. The summed E-state index contributed by atoms with van der Waals surface area (Å²) in [5, 5.41) is 20.0. The Bertz CT molecular complexity index is 2860. The number of aromatic nitrogens is 4. The number of hydrogen-bond donors (Lipinski definition) is 6. The maximum Gasteiger partial charge on any atom is 0.305 e. The molecule has 24 heteroatoms. The fourth-order valence-corrected chi connectivity index (χ4v) is 10.4. The van der Waals surface area contributed by atoms with E-state index in [1.54, 1.807) is 36.7 Å². The number of carbonyl (C=O) groups excluding carboxylic acids is 5. The molecular weight excluding hydrogens is 1060 g/mol. The van der Waals surface area contributed by atoms with Gasteiger partial charge in [0.05, 0.1) is 107 Å². The quantitative estimate of drug-likeness (QED) is 0.0363. The van der Waals surface area contributed by atoms with Gasteiger partial charge in [0.2, 0.25) is 23.6 Å². The Labute approximate surface area is 479 Å². The average Bonchev–Trinajstić information content (AvgIpc) is 3.54. The Morgan fingerprint density at radius 3 is 2.32 bits per heavy atom. The van der Waals surface area contributed by atoms with Crippen LogP contribution in [0.1, 0.15) is 106 Å². The van der Waals surface area contributed by atoms with Crippen LogP contribution in [0.25, 0.3) is 16.1 Å². The molecule has 2 aromatic heterocycles. The standard InChI is InChI=1S/C58H81FN14O9/c1-9-43(38-14-11-10-12-15-38)67-55(76)46-33-42(35-72(46)57(78)50(58(3,4)5)68-54(75)37(2)61-6)63-19-23-80-25-27-82-29-28-81-26-24-79-22-17-48(74)64-18-21-73-47-36-70(8)56(77)40-30-39(31-41(59)32-40)45-16-13-20-71(45)53-51(60)65-34-44(66-53)49(47)52(62-7)69-73/h10-12,14-15,30-32,34,37,42-43,45-46,50,61,63H,9,13,16-29,33,35-36H2,1-6,8H3,(H2,60,65)(H,64,74)(H,67,76)(H,68,75)/t37-,42-,43+,45-,46-,50?/m1/s1. The number of anilines is 2. The van der Waals surface area contributed by atoms with E-state index >= 15 is 4.39 Å². The molecule has 4 aromatic rings. The summed E-state index contributed by atoms with van der Waals surface area (Å²) in [6.07, 6.45) is 4.13. The molecule has 7 rings (SSSR count). The van der Waals surface area contributed by atoms with E-state index in [0.717, 1.165) is 12.0 Å². The summed E-state index contributed by atoms with van der Waals surface area (Å²) >= 11 is 0. The molecule has 23 nitrogen and oxygen atoms in total. The van der Waals surface area contributed by atoms with E-state index in [9.17, 15) is 24.0 Å². The molecular formula is C58H81FN14O9. The van der Waals surface area contributed by atoms with Gasteiger partial charge in [0.15, 0.2) is 11.6 Å². The number of amides is 5. The molecule has 3 aliphatic rings. The smallest absolute Gasteiger partial charge is 0.305 e. The minimum atomic E-state index is -0.859. The molecule has 6 atom stereocenters. The fraction of sp³-hybridized carbons (Fsp3) is 0.569. The van der Waals surface area contributed by atoms with Crippen LogP contribution in [-0.4, -0.2) is 176 Å². The highest BCUT2D eigenvalue weighted by Crippen LogP contribution is 2.41. The van der Waals surface area contributed by atoms with Gasteiger partial charge in [0.1, 0.15) is 17.9 Å². The van der Waals surface area contributed by atoms with Crippen molar-refractivity contribution >= 4 is 47.0 Å². The van der Waals surface area contributed by atoms with E-state index in [1.807, 2.05) is 62.9 Å². The predicted octanol–water partition coefficient (Wildman–Crippen LogP) is 4.08. The van der Waals surface area contributed by atoms with E-state index in [1.165, 1.54) is 23.2 Å². The normalized spacial score (nSPS) is 18.1. The van der Waals surface area contributed by atoms with Crippen LogP contribution in [0.15, 0.2) is 54.7 Å². The van der Waals surface area contributed by atoms with E-state index < -0.39 is 35.3 Å². The molecule has 4 bridgehead atoms. The van der Waals surface area contributed by atoms with Gasteiger partial charge in [-0.1, -0.05) is 64.6 Å². The summed E-state index contributed by atoms with van der Waals surface area (Å²) in [6, 6.07) is 11.3. The van der Waals surface area contributed by atoms with Gasteiger partial charge in [-0.15, -0.1) is 0 Å². The summed E-state index contributed by atoms with van der Waals surface area (Å²) in [6.45, 7) is 21.6. The first-order chi connectivity index (χ1) is 39.4. The van der Waals surface area contributed by atoms with Crippen molar-refractivity contribution in [3.05, 3.63) is 94.3 Å². The van der Waals surface area contributed by atoms with E-state index in [4.69, 9.17) is 36.2 Å². The van der Waals surface area contributed by atoms with Crippen LogP contribution in [0.5, 0.6) is 0 Å². The van der Waals surface area contributed by atoms with Crippen molar-refractivity contribution in [2.24, 2.45) is 5.41 Å². The van der Waals surface area contributed by atoms with Crippen LogP contribution in [0.2, 0.25) is 0 Å². The first-order valence-corrected chi connectivity index (χ1v) is 28.3. The van der Waals surface area contributed by atoms with Crippen molar-refractivity contribution in [2.45, 2.75) is 116 Å². The van der Waals surface area contributed by atoms with Crippen LogP contribution in [0, 0.1) is 17.8 Å². The number of nitrogens with zero attached hydrogens (tertiary/aromatic N) is 8. The van der Waals surface area contributed by atoms with E-state index in [-0.39, 0.29) is 105 Å². The monoisotopic (exact) mass is 1140 g/mol. The zero-order chi connectivity index (χ0) is 58.9. The van der Waals surface area contributed by atoms with Gasteiger partial charge < -0.3 is 70.8 Å². The average molecular weight is 1140 g/mol. The number of likely N-dealkylation sites (tertiary alicyclic amines) is 1. The van der Waals surface area contributed by atoms with Crippen molar-refractivity contribution in [1.29, 1.82) is 0 Å². The zero-order valence-electron chi connectivity index (χ0n) is 48.3. The van der Waals surface area contributed by atoms with Crippen LogP contribution in [0.3, 0.4) is 0 Å². The highest BCUT2D eigenvalue weighted by Gasteiger charge is 2.45. The number of ether oxygens (including phenoxy) is 4. The van der Waals surface area contributed by atoms with Crippen molar-refractivity contribution in [1.82, 2.24) is 56.1 Å². The molecule has 1 unspecified atom stereocenters. The van der Waals surface area contributed by atoms with Gasteiger partial charge >= 0.3 is 5.82 Å². The SMILES string of the molecule is [C-]#[N+]c1nn(CCNC(=O)CCOCCOCCOCCOCCN[C@@H]2C[C@H](C(=O)N[C@@H](CC)c3ccccc3)N(C(=O)C(NC(=O)[C@@H](C)NC)C(C)(C)C)C2)c2c1-c1cnc(N)c(n1)N1CCC[C@@H]1c1cc(F)cc(c1)C(=O)N(C)C2. The van der Waals surface area contributed by atoms with Gasteiger partial charge in [-0.05, 0) is 79.5 Å². The number of rotatable bonds is 27. The van der Waals surface area contributed by atoms with Gasteiger partial charge in [-0.3, -0.25) is 24.0 Å². The Balaban J connectivity index is 0.788.